The summed E-state index contributed by atoms with van der Waals surface area (Å²) >= 11 is 0. The van der Waals surface area contributed by atoms with Crippen LogP contribution in [0.2, 0.25) is 0 Å². The van der Waals surface area contributed by atoms with E-state index < -0.39 is 0 Å². The molecule has 0 aromatic rings. The van der Waals surface area contributed by atoms with E-state index in [1.165, 1.54) is 0 Å². The summed E-state index contributed by atoms with van der Waals surface area (Å²) in [5, 5.41) is 8.85. The monoisotopic (exact) mass is 225 g/mol. The number of nitrogens with zero attached hydrogens (tertiary/aromatic N) is 1. The average molecular weight is 225 g/mol. The van der Waals surface area contributed by atoms with Gasteiger partial charge in [-0.1, -0.05) is 0 Å². The molecular weight excluding hydrogens is 202 g/mol. The molecule has 0 aromatic heterocycles. The number of hydrogen-bond donors (Lipinski definition) is 0. The normalized spacial score (nSPS) is 20.9. The molecule has 1 rings (SSSR count). The van der Waals surface area contributed by atoms with Crippen LogP contribution >= 0.6 is 0 Å². The molecule has 0 amide bonds. The van der Waals surface area contributed by atoms with Crippen molar-refractivity contribution in [3.8, 4) is 6.07 Å². The molecule has 1 fully saturated rings. The van der Waals surface area contributed by atoms with Gasteiger partial charge in [0.1, 0.15) is 0 Å². The molecule has 1 aliphatic rings. The SMILES string of the molecule is CC(C)(C#N)CCCCOCC1CCOC1. The highest BCUT2D eigenvalue weighted by Crippen LogP contribution is 2.21. The van der Waals surface area contributed by atoms with Crippen LogP contribution in [0.3, 0.4) is 0 Å². The first-order chi connectivity index (χ1) is 7.64. The van der Waals surface area contributed by atoms with Gasteiger partial charge in [0.05, 0.1) is 24.7 Å². The Morgan fingerprint density at radius 3 is 2.88 bits per heavy atom. The van der Waals surface area contributed by atoms with Crippen LogP contribution < -0.4 is 0 Å². The Morgan fingerprint density at radius 1 is 1.44 bits per heavy atom. The van der Waals surface area contributed by atoms with Gasteiger partial charge in [0.15, 0.2) is 0 Å². The second kappa shape index (κ2) is 6.88. The Balaban J connectivity index is 1.90. The van der Waals surface area contributed by atoms with Crippen LogP contribution in [0.1, 0.15) is 39.5 Å². The molecule has 3 nitrogen and oxygen atoms in total. The lowest BCUT2D eigenvalue weighted by molar-refractivity contribution is 0.0863. The molecule has 92 valence electrons. The highest BCUT2D eigenvalue weighted by atomic mass is 16.5. The lowest BCUT2D eigenvalue weighted by Crippen LogP contribution is -2.11. The molecule has 0 aromatic carbocycles. The maximum absolute atomic E-state index is 8.85. The van der Waals surface area contributed by atoms with Crippen molar-refractivity contribution in [3.63, 3.8) is 0 Å². The summed E-state index contributed by atoms with van der Waals surface area (Å²) in [7, 11) is 0. The first-order valence-electron chi connectivity index (χ1n) is 6.21. The van der Waals surface area contributed by atoms with Crippen molar-refractivity contribution >= 4 is 0 Å². The van der Waals surface area contributed by atoms with Gasteiger partial charge < -0.3 is 9.47 Å². The van der Waals surface area contributed by atoms with Crippen molar-refractivity contribution in [1.82, 2.24) is 0 Å². The molecule has 1 unspecified atom stereocenters. The van der Waals surface area contributed by atoms with Gasteiger partial charge in [-0.2, -0.15) is 5.26 Å². The fraction of sp³-hybridized carbons (Fsp3) is 0.923. The molecule has 3 heteroatoms. The molecule has 0 bridgehead atoms. The van der Waals surface area contributed by atoms with Crippen LogP contribution in [0.15, 0.2) is 0 Å². The zero-order valence-corrected chi connectivity index (χ0v) is 10.5. The molecule has 1 atom stereocenters. The smallest absolute Gasteiger partial charge is 0.0683 e. The Labute approximate surface area is 98.7 Å². The first-order valence-corrected chi connectivity index (χ1v) is 6.21. The molecule has 1 heterocycles. The third kappa shape index (κ3) is 5.48. The zero-order valence-electron chi connectivity index (χ0n) is 10.5. The lowest BCUT2D eigenvalue weighted by Gasteiger charge is -2.14. The highest BCUT2D eigenvalue weighted by Gasteiger charge is 2.16. The van der Waals surface area contributed by atoms with Gasteiger partial charge in [0.25, 0.3) is 0 Å². The van der Waals surface area contributed by atoms with Crippen molar-refractivity contribution in [3.05, 3.63) is 0 Å². The number of unbranched alkanes of at least 4 members (excludes halogenated alkanes) is 1. The van der Waals surface area contributed by atoms with E-state index in [4.69, 9.17) is 14.7 Å². The molecule has 0 spiro atoms. The second-order valence-electron chi connectivity index (χ2n) is 5.26. The Bertz CT molecular complexity index is 227. The summed E-state index contributed by atoms with van der Waals surface area (Å²) in [6, 6.07) is 2.32. The summed E-state index contributed by atoms with van der Waals surface area (Å²) in [5.41, 5.74) is -0.181. The maximum atomic E-state index is 8.85. The quantitative estimate of drug-likeness (QED) is 0.626. The summed E-state index contributed by atoms with van der Waals surface area (Å²) in [5.74, 6) is 0.607. The van der Waals surface area contributed by atoms with Gasteiger partial charge in [0, 0.05) is 19.1 Å². The number of nitriles is 1. The third-order valence-corrected chi connectivity index (χ3v) is 3.02. The van der Waals surface area contributed by atoms with Crippen LogP contribution in [-0.2, 0) is 9.47 Å². The van der Waals surface area contributed by atoms with Crippen LogP contribution in [0.4, 0.5) is 0 Å². The largest absolute Gasteiger partial charge is 0.381 e. The van der Waals surface area contributed by atoms with Gasteiger partial charge in [0.2, 0.25) is 0 Å². The van der Waals surface area contributed by atoms with Crippen LogP contribution in [0.25, 0.3) is 0 Å². The van der Waals surface area contributed by atoms with Gasteiger partial charge in [-0.3, -0.25) is 0 Å². The lowest BCUT2D eigenvalue weighted by atomic mass is 9.89. The van der Waals surface area contributed by atoms with Gasteiger partial charge >= 0.3 is 0 Å². The second-order valence-corrected chi connectivity index (χ2v) is 5.26. The first kappa shape index (κ1) is 13.5. The minimum atomic E-state index is -0.181. The number of rotatable bonds is 7. The summed E-state index contributed by atoms with van der Waals surface area (Å²) < 4.78 is 10.9. The van der Waals surface area contributed by atoms with Gasteiger partial charge in [-0.25, -0.2) is 0 Å². The standard InChI is InChI=1S/C13H23NO2/c1-13(2,11-14)6-3-4-7-15-9-12-5-8-16-10-12/h12H,3-10H2,1-2H3. The zero-order chi connectivity index (χ0) is 11.9. The number of hydrogen-bond acceptors (Lipinski definition) is 3. The van der Waals surface area contributed by atoms with Crippen LogP contribution in [0, 0.1) is 22.7 Å². The fourth-order valence-corrected chi connectivity index (χ4v) is 1.79. The Morgan fingerprint density at radius 2 is 2.25 bits per heavy atom. The van der Waals surface area contributed by atoms with Crippen LogP contribution in [0.5, 0.6) is 0 Å². The van der Waals surface area contributed by atoms with Crippen molar-refractivity contribution in [2.24, 2.45) is 11.3 Å². The van der Waals surface area contributed by atoms with E-state index in [0.717, 1.165) is 52.1 Å². The fourth-order valence-electron chi connectivity index (χ4n) is 1.79. The molecule has 0 saturated carbocycles. The van der Waals surface area contributed by atoms with Crippen molar-refractivity contribution < 1.29 is 9.47 Å². The van der Waals surface area contributed by atoms with E-state index >= 15 is 0 Å². The van der Waals surface area contributed by atoms with E-state index in [1.54, 1.807) is 0 Å². The summed E-state index contributed by atoms with van der Waals surface area (Å²) in [4.78, 5) is 0. The minimum Gasteiger partial charge on any atom is -0.381 e. The molecular formula is C13H23NO2. The van der Waals surface area contributed by atoms with Crippen molar-refractivity contribution in [2.75, 3.05) is 26.4 Å². The molecule has 0 aliphatic carbocycles. The van der Waals surface area contributed by atoms with Crippen LogP contribution in [-0.4, -0.2) is 26.4 Å². The molecule has 0 N–H and O–H groups in total. The molecule has 1 saturated heterocycles. The predicted molar refractivity (Wildman–Crippen MR) is 63.0 cm³/mol. The molecule has 16 heavy (non-hydrogen) atoms. The molecule has 0 radical (unpaired) electrons. The predicted octanol–water partition coefficient (Wildman–Crippen LogP) is 2.76. The Hall–Kier alpha value is -0.590. The minimum absolute atomic E-state index is 0.181. The van der Waals surface area contributed by atoms with Crippen molar-refractivity contribution in [2.45, 2.75) is 39.5 Å². The summed E-state index contributed by atoms with van der Waals surface area (Å²) in [6.07, 6.45) is 4.22. The molecule has 1 aliphatic heterocycles. The van der Waals surface area contributed by atoms with E-state index in [2.05, 4.69) is 6.07 Å². The van der Waals surface area contributed by atoms with E-state index in [0.29, 0.717) is 5.92 Å². The number of ether oxygens (including phenoxy) is 2. The summed E-state index contributed by atoms with van der Waals surface area (Å²) in [6.45, 7) is 7.39. The van der Waals surface area contributed by atoms with Gasteiger partial charge in [-0.15, -0.1) is 0 Å². The topological polar surface area (TPSA) is 42.2 Å². The van der Waals surface area contributed by atoms with Gasteiger partial charge in [-0.05, 0) is 39.5 Å². The third-order valence-electron chi connectivity index (χ3n) is 3.02. The Kier molecular flexibility index (Phi) is 5.79. The van der Waals surface area contributed by atoms with Crippen molar-refractivity contribution in [1.29, 1.82) is 5.26 Å². The van der Waals surface area contributed by atoms with E-state index in [1.807, 2.05) is 13.8 Å². The van der Waals surface area contributed by atoms with E-state index in [-0.39, 0.29) is 5.41 Å². The maximum Gasteiger partial charge on any atom is 0.0683 e. The van der Waals surface area contributed by atoms with E-state index in [9.17, 15) is 0 Å². The average Bonchev–Trinajstić information content (AvgIpc) is 2.76. The highest BCUT2D eigenvalue weighted by molar-refractivity contribution is 4.91.